The number of rotatable bonds is 5. The number of hydrogen-bond acceptors (Lipinski definition) is 4. The Labute approximate surface area is 89.7 Å². The van der Waals surface area contributed by atoms with Crippen LogP contribution in [0.3, 0.4) is 0 Å². The minimum Gasteiger partial charge on any atom is -0.364 e. The van der Waals surface area contributed by atoms with Gasteiger partial charge >= 0.3 is 7.60 Å². The minimum absolute atomic E-state index is 0.686. The number of methoxy groups -OCH3 is 1. The SMILES string of the molecule is CO[C@H](c1ccccc1)P(=O)(OC)OC. The molecule has 1 atom stereocenters. The van der Waals surface area contributed by atoms with Gasteiger partial charge in [0.15, 0.2) is 5.85 Å². The highest BCUT2D eigenvalue weighted by Gasteiger charge is 2.35. The van der Waals surface area contributed by atoms with Gasteiger partial charge < -0.3 is 13.8 Å². The first-order valence-corrected chi connectivity index (χ1v) is 6.08. The van der Waals surface area contributed by atoms with Gasteiger partial charge in [-0.3, -0.25) is 4.57 Å². The van der Waals surface area contributed by atoms with E-state index in [9.17, 15) is 4.57 Å². The van der Waals surface area contributed by atoms with E-state index in [0.717, 1.165) is 5.56 Å². The lowest BCUT2D eigenvalue weighted by molar-refractivity contribution is 0.123. The molecule has 1 rings (SSSR count). The van der Waals surface area contributed by atoms with Crippen molar-refractivity contribution in [1.82, 2.24) is 0 Å². The Morgan fingerprint density at radius 1 is 1.07 bits per heavy atom. The molecule has 0 unspecified atom stereocenters. The normalized spacial score (nSPS) is 13.8. The monoisotopic (exact) mass is 230 g/mol. The molecular formula is C10H15O4P. The van der Waals surface area contributed by atoms with E-state index in [1.54, 1.807) is 0 Å². The summed E-state index contributed by atoms with van der Waals surface area (Å²) in [6.45, 7) is 0. The molecule has 5 heteroatoms. The maximum atomic E-state index is 12.1. The molecule has 84 valence electrons. The zero-order chi connectivity index (χ0) is 11.3. The molecular weight excluding hydrogens is 215 g/mol. The van der Waals surface area contributed by atoms with Gasteiger partial charge in [-0.25, -0.2) is 0 Å². The average Bonchev–Trinajstić information content (AvgIpc) is 2.31. The fraction of sp³-hybridized carbons (Fsp3) is 0.400. The van der Waals surface area contributed by atoms with E-state index in [1.807, 2.05) is 30.3 Å². The van der Waals surface area contributed by atoms with Gasteiger partial charge in [-0.15, -0.1) is 0 Å². The Hall–Kier alpha value is -0.670. The van der Waals surface area contributed by atoms with Crippen LogP contribution in [0.2, 0.25) is 0 Å². The van der Waals surface area contributed by atoms with Crippen molar-refractivity contribution in [2.75, 3.05) is 21.3 Å². The van der Waals surface area contributed by atoms with Gasteiger partial charge in [-0.1, -0.05) is 30.3 Å². The van der Waals surface area contributed by atoms with Crippen molar-refractivity contribution in [3.05, 3.63) is 35.9 Å². The average molecular weight is 230 g/mol. The van der Waals surface area contributed by atoms with Crippen LogP contribution in [0.15, 0.2) is 30.3 Å². The molecule has 0 saturated heterocycles. The molecule has 1 aromatic rings. The van der Waals surface area contributed by atoms with E-state index in [-0.39, 0.29) is 0 Å². The summed E-state index contributed by atoms with van der Waals surface area (Å²) in [5, 5.41) is 0. The smallest absolute Gasteiger partial charge is 0.363 e. The highest BCUT2D eigenvalue weighted by atomic mass is 31.2. The Morgan fingerprint density at radius 2 is 1.60 bits per heavy atom. The third-order valence-electron chi connectivity index (χ3n) is 2.10. The summed E-state index contributed by atoms with van der Waals surface area (Å²) in [4.78, 5) is 0. The summed E-state index contributed by atoms with van der Waals surface area (Å²) in [6, 6.07) is 9.20. The number of benzene rings is 1. The van der Waals surface area contributed by atoms with E-state index in [4.69, 9.17) is 13.8 Å². The highest BCUT2D eigenvalue weighted by Crippen LogP contribution is 2.59. The lowest BCUT2D eigenvalue weighted by Crippen LogP contribution is -2.05. The fourth-order valence-electron chi connectivity index (χ4n) is 1.33. The largest absolute Gasteiger partial charge is 0.364 e. The van der Waals surface area contributed by atoms with Crippen LogP contribution in [0.5, 0.6) is 0 Å². The molecule has 0 aliphatic rings. The molecule has 15 heavy (non-hydrogen) atoms. The second-order valence-electron chi connectivity index (χ2n) is 2.90. The quantitative estimate of drug-likeness (QED) is 0.729. The lowest BCUT2D eigenvalue weighted by Gasteiger charge is -2.23. The van der Waals surface area contributed by atoms with Crippen molar-refractivity contribution in [3.63, 3.8) is 0 Å². The number of hydrogen-bond donors (Lipinski definition) is 0. The molecule has 0 saturated carbocycles. The van der Waals surface area contributed by atoms with E-state index < -0.39 is 13.4 Å². The van der Waals surface area contributed by atoms with Gasteiger partial charge in [0, 0.05) is 21.3 Å². The zero-order valence-corrected chi connectivity index (χ0v) is 9.94. The van der Waals surface area contributed by atoms with Crippen LogP contribution in [-0.4, -0.2) is 21.3 Å². The summed E-state index contributed by atoms with van der Waals surface area (Å²) in [5.41, 5.74) is 0.770. The van der Waals surface area contributed by atoms with Crippen LogP contribution < -0.4 is 0 Å². The van der Waals surface area contributed by atoms with Gasteiger partial charge in [-0.2, -0.15) is 0 Å². The molecule has 0 fully saturated rings. The van der Waals surface area contributed by atoms with Crippen molar-refractivity contribution in [2.45, 2.75) is 5.85 Å². The Balaban J connectivity index is 3.04. The van der Waals surface area contributed by atoms with Crippen molar-refractivity contribution in [3.8, 4) is 0 Å². The molecule has 0 aliphatic heterocycles. The predicted molar refractivity (Wildman–Crippen MR) is 57.8 cm³/mol. The van der Waals surface area contributed by atoms with E-state index >= 15 is 0 Å². The topological polar surface area (TPSA) is 44.8 Å². The van der Waals surface area contributed by atoms with Gasteiger partial charge in [0.2, 0.25) is 0 Å². The van der Waals surface area contributed by atoms with Gasteiger partial charge in [0.1, 0.15) is 0 Å². The van der Waals surface area contributed by atoms with Gasteiger partial charge in [0.05, 0.1) is 0 Å². The highest BCUT2D eigenvalue weighted by molar-refractivity contribution is 7.54. The minimum atomic E-state index is -3.24. The molecule has 0 aliphatic carbocycles. The second kappa shape index (κ2) is 5.42. The van der Waals surface area contributed by atoms with Crippen LogP contribution in [0.25, 0.3) is 0 Å². The van der Waals surface area contributed by atoms with Crippen LogP contribution >= 0.6 is 7.60 Å². The van der Waals surface area contributed by atoms with Gasteiger partial charge in [0.25, 0.3) is 0 Å². The lowest BCUT2D eigenvalue weighted by atomic mass is 10.2. The Bertz CT molecular complexity index is 331. The molecule has 1 aromatic carbocycles. The zero-order valence-electron chi connectivity index (χ0n) is 9.04. The summed E-state index contributed by atoms with van der Waals surface area (Å²) >= 11 is 0. The van der Waals surface area contributed by atoms with Crippen molar-refractivity contribution >= 4 is 7.60 Å². The molecule has 0 spiro atoms. The molecule has 0 radical (unpaired) electrons. The molecule has 0 N–H and O–H groups in total. The van der Waals surface area contributed by atoms with Crippen LogP contribution in [0.1, 0.15) is 11.4 Å². The van der Waals surface area contributed by atoms with E-state index in [0.29, 0.717) is 0 Å². The summed E-state index contributed by atoms with van der Waals surface area (Å²) in [7, 11) is 0.932. The maximum Gasteiger partial charge on any atom is 0.363 e. The first kappa shape index (κ1) is 12.4. The molecule has 0 aromatic heterocycles. The number of ether oxygens (including phenoxy) is 1. The van der Waals surface area contributed by atoms with Crippen molar-refractivity contribution < 1.29 is 18.3 Å². The van der Waals surface area contributed by atoms with Crippen LogP contribution in [0, 0.1) is 0 Å². The summed E-state index contributed by atoms with van der Waals surface area (Å²) in [5.74, 6) is -0.686. The van der Waals surface area contributed by atoms with Crippen molar-refractivity contribution in [1.29, 1.82) is 0 Å². The third kappa shape index (κ3) is 2.67. The van der Waals surface area contributed by atoms with E-state index in [1.165, 1.54) is 21.3 Å². The fourth-order valence-corrected chi connectivity index (χ4v) is 2.66. The van der Waals surface area contributed by atoms with Gasteiger partial charge in [-0.05, 0) is 5.56 Å². The van der Waals surface area contributed by atoms with Crippen LogP contribution in [0.4, 0.5) is 0 Å². The summed E-state index contributed by atoms with van der Waals surface area (Å²) in [6.07, 6.45) is 0. The Kier molecular flexibility index (Phi) is 4.48. The van der Waals surface area contributed by atoms with Crippen LogP contribution in [-0.2, 0) is 18.3 Å². The first-order valence-electron chi connectivity index (χ1n) is 4.47. The van der Waals surface area contributed by atoms with Crippen molar-refractivity contribution in [2.24, 2.45) is 0 Å². The molecule has 4 nitrogen and oxygen atoms in total. The Morgan fingerprint density at radius 3 is 2.00 bits per heavy atom. The molecule has 0 heterocycles. The second-order valence-corrected chi connectivity index (χ2v) is 5.18. The molecule has 0 amide bonds. The first-order chi connectivity index (χ1) is 7.18. The standard InChI is InChI=1S/C10H15O4P/c1-12-10(15(11,13-2)14-3)9-7-5-4-6-8-9/h4-8,10H,1-3H3/t10-/m0/s1. The van der Waals surface area contributed by atoms with E-state index in [2.05, 4.69) is 0 Å². The summed E-state index contributed by atoms with van der Waals surface area (Å²) < 4.78 is 27.1. The third-order valence-corrected chi connectivity index (χ3v) is 4.21. The maximum absolute atomic E-state index is 12.1. The predicted octanol–water partition coefficient (Wildman–Crippen LogP) is 2.82. The molecule has 0 bridgehead atoms.